The number of benzene rings is 1. The van der Waals surface area contributed by atoms with E-state index in [0.29, 0.717) is 12.8 Å². The summed E-state index contributed by atoms with van der Waals surface area (Å²) in [5, 5.41) is 3.16. The third-order valence-corrected chi connectivity index (χ3v) is 4.34. The van der Waals surface area contributed by atoms with Crippen molar-refractivity contribution in [2.24, 2.45) is 7.05 Å². The molecule has 2 aromatic rings. The molecule has 1 aromatic heterocycles. The molecule has 0 bridgehead atoms. The van der Waals surface area contributed by atoms with Crippen LogP contribution in [0.1, 0.15) is 36.6 Å². The van der Waals surface area contributed by atoms with Crippen LogP contribution < -0.4 is 5.32 Å². The van der Waals surface area contributed by atoms with E-state index in [2.05, 4.69) is 10.3 Å². The molecule has 0 unspecified atom stereocenters. The molecule has 23 heavy (non-hydrogen) atoms. The van der Waals surface area contributed by atoms with Crippen molar-refractivity contribution in [1.29, 1.82) is 0 Å². The molecule has 1 N–H and O–H groups in total. The quantitative estimate of drug-likeness (QED) is 0.891. The Labute approximate surface area is 136 Å². The molecule has 1 amide bonds. The Kier molecular flexibility index (Phi) is 5.08. The van der Waals surface area contributed by atoms with Crippen molar-refractivity contribution in [3.05, 3.63) is 54.1 Å². The number of aromatic nitrogens is 2. The molecule has 5 heteroatoms. The summed E-state index contributed by atoms with van der Waals surface area (Å²) >= 11 is 0. The molecular formula is C18H23N3O2. The highest BCUT2D eigenvalue weighted by molar-refractivity contribution is 5.76. The second-order valence-corrected chi connectivity index (χ2v) is 6.00. The molecule has 122 valence electrons. The van der Waals surface area contributed by atoms with Crippen molar-refractivity contribution >= 4 is 5.91 Å². The number of rotatable bonds is 6. The number of aryl methyl sites for hydroxylation is 2. The molecule has 0 aliphatic carbocycles. The number of carbonyl (C=O) groups excluding carboxylic acids is 1. The van der Waals surface area contributed by atoms with E-state index in [0.717, 1.165) is 30.7 Å². The maximum atomic E-state index is 12.4. The lowest BCUT2D eigenvalue weighted by Crippen LogP contribution is -2.36. The Morgan fingerprint density at radius 2 is 2.26 bits per heavy atom. The molecule has 0 radical (unpaired) electrons. The van der Waals surface area contributed by atoms with Gasteiger partial charge < -0.3 is 14.6 Å². The van der Waals surface area contributed by atoms with E-state index in [1.54, 1.807) is 6.33 Å². The Bertz CT molecular complexity index is 633. The van der Waals surface area contributed by atoms with Crippen LogP contribution >= 0.6 is 0 Å². The van der Waals surface area contributed by atoms with Gasteiger partial charge in [-0.25, -0.2) is 4.98 Å². The molecule has 2 heterocycles. The number of imidazole rings is 1. The first-order valence-electron chi connectivity index (χ1n) is 8.15. The predicted octanol–water partition coefficient (Wildman–Crippen LogP) is 2.39. The van der Waals surface area contributed by atoms with E-state index < -0.39 is 0 Å². The second kappa shape index (κ2) is 7.42. The largest absolute Gasteiger partial charge is 0.376 e. The van der Waals surface area contributed by atoms with Gasteiger partial charge in [0, 0.05) is 32.0 Å². The van der Waals surface area contributed by atoms with Gasteiger partial charge in [-0.05, 0) is 24.8 Å². The minimum absolute atomic E-state index is 0.0514. The summed E-state index contributed by atoms with van der Waals surface area (Å²) in [5.74, 6) is 0.0514. The molecule has 1 aliphatic rings. The van der Waals surface area contributed by atoms with Gasteiger partial charge in [-0.2, -0.15) is 0 Å². The first-order valence-corrected chi connectivity index (χ1v) is 8.15. The Balaban J connectivity index is 1.63. The summed E-state index contributed by atoms with van der Waals surface area (Å²) in [4.78, 5) is 16.5. The van der Waals surface area contributed by atoms with Crippen LogP contribution in [-0.2, 0) is 23.0 Å². The van der Waals surface area contributed by atoms with Crippen molar-refractivity contribution in [3.63, 3.8) is 0 Å². The number of nitrogens with one attached hydrogen (secondary N) is 1. The normalized spacial score (nSPS) is 18.7. The Morgan fingerprint density at radius 3 is 2.91 bits per heavy atom. The first kappa shape index (κ1) is 15.7. The van der Waals surface area contributed by atoms with Gasteiger partial charge in [0.05, 0.1) is 18.5 Å². The molecule has 1 aromatic carbocycles. The summed E-state index contributed by atoms with van der Waals surface area (Å²) in [5.41, 5.74) is 2.17. The molecule has 5 nitrogen and oxygen atoms in total. The Hall–Kier alpha value is -2.14. The van der Waals surface area contributed by atoms with Crippen LogP contribution in [0.15, 0.2) is 42.9 Å². The second-order valence-electron chi connectivity index (χ2n) is 6.00. The van der Waals surface area contributed by atoms with Gasteiger partial charge in [0.15, 0.2) is 0 Å². The van der Waals surface area contributed by atoms with Gasteiger partial charge in [0.2, 0.25) is 5.91 Å². The first-order chi connectivity index (χ1) is 11.2. The third kappa shape index (κ3) is 3.99. The molecule has 1 saturated heterocycles. The maximum absolute atomic E-state index is 12.4. The maximum Gasteiger partial charge on any atom is 0.220 e. The van der Waals surface area contributed by atoms with Crippen LogP contribution in [0.3, 0.4) is 0 Å². The van der Waals surface area contributed by atoms with Crippen molar-refractivity contribution in [2.75, 3.05) is 6.61 Å². The van der Waals surface area contributed by atoms with Gasteiger partial charge in [0.25, 0.3) is 0 Å². The van der Waals surface area contributed by atoms with E-state index >= 15 is 0 Å². The summed E-state index contributed by atoms with van der Waals surface area (Å²) < 4.78 is 7.76. The number of amides is 1. The van der Waals surface area contributed by atoms with E-state index in [9.17, 15) is 4.79 Å². The number of hydrogen-bond acceptors (Lipinski definition) is 3. The lowest BCUT2D eigenvalue weighted by Gasteiger charge is -2.24. The summed E-state index contributed by atoms with van der Waals surface area (Å²) in [6.45, 7) is 0.777. The standard InChI is InChI=1S/C18H23N3O2/c1-21-13-19-12-15(21)9-10-17(22)20-18(16-8-5-11-23-16)14-6-3-2-4-7-14/h2-4,6-7,12-13,16,18H,5,8-11H2,1H3,(H,20,22)/t16-,18+/m1/s1. The molecule has 1 aliphatic heterocycles. The minimum Gasteiger partial charge on any atom is -0.376 e. The zero-order chi connectivity index (χ0) is 16.1. The fourth-order valence-electron chi connectivity index (χ4n) is 3.03. The van der Waals surface area contributed by atoms with Crippen LogP contribution in [0.5, 0.6) is 0 Å². The highest BCUT2D eigenvalue weighted by atomic mass is 16.5. The van der Waals surface area contributed by atoms with Crippen molar-refractivity contribution < 1.29 is 9.53 Å². The SMILES string of the molecule is Cn1cncc1CCC(=O)N[C@@H](c1ccccc1)[C@H]1CCCO1. The minimum atomic E-state index is -0.0715. The van der Waals surface area contributed by atoms with Gasteiger partial charge in [-0.15, -0.1) is 0 Å². The van der Waals surface area contributed by atoms with Crippen molar-refractivity contribution in [2.45, 2.75) is 37.8 Å². The topological polar surface area (TPSA) is 56.2 Å². The fourth-order valence-corrected chi connectivity index (χ4v) is 3.03. The van der Waals surface area contributed by atoms with Crippen LogP contribution in [0.2, 0.25) is 0 Å². The monoisotopic (exact) mass is 313 g/mol. The smallest absolute Gasteiger partial charge is 0.220 e. The molecular weight excluding hydrogens is 290 g/mol. The predicted molar refractivity (Wildman–Crippen MR) is 87.8 cm³/mol. The molecule has 2 atom stereocenters. The summed E-state index contributed by atoms with van der Waals surface area (Å²) in [7, 11) is 1.94. The molecule has 3 rings (SSSR count). The molecule has 0 saturated carbocycles. The Morgan fingerprint density at radius 1 is 1.43 bits per heavy atom. The number of nitrogens with zero attached hydrogens (tertiary/aromatic N) is 2. The van der Waals surface area contributed by atoms with E-state index in [4.69, 9.17) is 4.74 Å². The highest BCUT2D eigenvalue weighted by Crippen LogP contribution is 2.27. The van der Waals surface area contributed by atoms with Gasteiger partial charge in [-0.1, -0.05) is 30.3 Å². The third-order valence-electron chi connectivity index (χ3n) is 4.34. The van der Waals surface area contributed by atoms with Crippen LogP contribution in [-0.4, -0.2) is 28.2 Å². The zero-order valence-electron chi connectivity index (χ0n) is 13.4. The van der Waals surface area contributed by atoms with Crippen molar-refractivity contribution in [1.82, 2.24) is 14.9 Å². The molecule has 1 fully saturated rings. The lowest BCUT2D eigenvalue weighted by molar-refractivity contribution is -0.122. The van der Waals surface area contributed by atoms with Gasteiger partial charge in [0.1, 0.15) is 0 Å². The summed E-state index contributed by atoms with van der Waals surface area (Å²) in [6, 6.07) is 10.0. The van der Waals surface area contributed by atoms with Crippen LogP contribution in [0, 0.1) is 0 Å². The zero-order valence-corrected chi connectivity index (χ0v) is 13.4. The van der Waals surface area contributed by atoms with Crippen molar-refractivity contribution in [3.8, 4) is 0 Å². The van der Waals surface area contributed by atoms with Crippen LogP contribution in [0.4, 0.5) is 0 Å². The van der Waals surface area contributed by atoms with E-state index in [-0.39, 0.29) is 18.1 Å². The van der Waals surface area contributed by atoms with E-state index in [1.165, 1.54) is 0 Å². The van der Waals surface area contributed by atoms with E-state index in [1.807, 2.05) is 48.1 Å². The van der Waals surface area contributed by atoms with Gasteiger partial charge in [-0.3, -0.25) is 4.79 Å². The summed E-state index contributed by atoms with van der Waals surface area (Å²) in [6.07, 6.45) is 6.82. The van der Waals surface area contributed by atoms with Gasteiger partial charge >= 0.3 is 0 Å². The lowest BCUT2D eigenvalue weighted by atomic mass is 9.99. The number of carbonyl (C=O) groups is 1. The highest BCUT2D eigenvalue weighted by Gasteiger charge is 2.28. The average Bonchev–Trinajstić information content (AvgIpc) is 3.23. The van der Waals surface area contributed by atoms with Crippen LogP contribution in [0.25, 0.3) is 0 Å². The fraction of sp³-hybridized carbons (Fsp3) is 0.444. The number of ether oxygens (including phenoxy) is 1. The number of hydrogen-bond donors (Lipinski definition) is 1. The average molecular weight is 313 g/mol. The molecule has 0 spiro atoms.